The minimum atomic E-state index is -0.386. The van der Waals surface area contributed by atoms with Crippen LogP contribution in [0, 0.1) is 17.0 Å². The first-order valence-electron chi connectivity index (χ1n) is 13.7. The number of fused-ring (bicyclic) bond motifs is 3. The maximum atomic E-state index is 11.2. The number of aromatic amines is 1. The van der Waals surface area contributed by atoms with Crippen molar-refractivity contribution in [2.45, 2.75) is 32.6 Å². The van der Waals surface area contributed by atoms with Crippen LogP contribution in [0.25, 0.3) is 10.9 Å². The zero-order chi connectivity index (χ0) is 28.3. The van der Waals surface area contributed by atoms with Gasteiger partial charge in [-0.25, -0.2) is 0 Å². The van der Waals surface area contributed by atoms with Crippen LogP contribution in [0.4, 0.5) is 5.69 Å². The van der Waals surface area contributed by atoms with Crippen molar-refractivity contribution in [2.24, 2.45) is 0 Å². The predicted octanol–water partition coefficient (Wildman–Crippen LogP) is 5.76. The molecule has 0 amide bonds. The molecule has 8 nitrogen and oxygen atoms in total. The monoisotopic (exact) mass is 550 g/mol. The molecule has 2 heterocycles. The van der Waals surface area contributed by atoms with Gasteiger partial charge in [-0.05, 0) is 66.6 Å². The number of nitro groups is 1. The van der Waals surface area contributed by atoms with Gasteiger partial charge in [-0.1, -0.05) is 30.3 Å². The molecule has 0 saturated carbocycles. The highest BCUT2D eigenvalue weighted by molar-refractivity contribution is 5.86. The van der Waals surface area contributed by atoms with E-state index in [1.165, 1.54) is 22.7 Å². The molecule has 5 aromatic rings. The third kappa shape index (κ3) is 5.47. The second-order valence-electron chi connectivity index (χ2n) is 10.3. The Kier molecular flexibility index (Phi) is 7.31. The average molecular weight is 551 g/mol. The van der Waals surface area contributed by atoms with Crippen molar-refractivity contribution >= 4 is 16.6 Å². The average Bonchev–Trinajstić information content (AvgIpc) is 3.37. The smallest absolute Gasteiger partial charge is 0.272 e. The summed E-state index contributed by atoms with van der Waals surface area (Å²) >= 11 is 0. The number of nitro benzene ring substituents is 1. The van der Waals surface area contributed by atoms with Crippen LogP contribution in [-0.2, 0) is 19.6 Å². The number of benzene rings is 4. The number of quaternary nitrogens is 1. The molecule has 8 heteroatoms. The van der Waals surface area contributed by atoms with Crippen LogP contribution >= 0.6 is 0 Å². The second kappa shape index (κ2) is 11.3. The number of rotatable bonds is 9. The highest BCUT2D eigenvalue weighted by Gasteiger charge is 2.29. The van der Waals surface area contributed by atoms with Crippen molar-refractivity contribution in [3.63, 3.8) is 0 Å². The van der Waals surface area contributed by atoms with Crippen molar-refractivity contribution in [3.8, 4) is 17.2 Å². The number of ether oxygens (including phenoxy) is 3. The van der Waals surface area contributed by atoms with Gasteiger partial charge in [0.2, 0.25) is 0 Å². The number of methoxy groups -OCH3 is 1. The van der Waals surface area contributed by atoms with Gasteiger partial charge in [0.05, 0.1) is 24.3 Å². The molecule has 0 spiro atoms. The predicted molar refractivity (Wildman–Crippen MR) is 157 cm³/mol. The van der Waals surface area contributed by atoms with Crippen molar-refractivity contribution < 1.29 is 24.5 Å². The van der Waals surface area contributed by atoms with Crippen LogP contribution in [0.3, 0.4) is 0 Å². The van der Waals surface area contributed by atoms with Crippen LogP contribution in [-0.4, -0.2) is 23.6 Å². The van der Waals surface area contributed by atoms with E-state index in [0.29, 0.717) is 17.9 Å². The van der Waals surface area contributed by atoms with Gasteiger partial charge in [0, 0.05) is 40.1 Å². The molecule has 0 saturated heterocycles. The van der Waals surface area contributed by atoms with Crippen LogP contribution in [0.5, 0.6) is 17.2 Å². The van der Waals surface area contributed by atoms with E-state index in [9.17, 15) is 10.1 Å². The molecule has 0 aliphatic carbocycles. The van der Waals surface area contributed by atoms with Crippen LogP contribution in [0.15, 0.2) is 84.9 Å². The summed E-state index contributed by atoms with van der Waals surface area (Å²) in [5, 5.41) is 14.7. The van der Waals surface area contributed by atoms with Crippen LogP contribution in [0.1, 0.15) is 39.6 Å². The number of H-pyrrole nitrogens is 1. The van der Waals surface area contributed by atoms with Crippen molar-refractivity contribution in [2.75, 3.05) is 13.7 Å². The van der Waals surface area contributed by atoms with Gasteiger partial charge in [0.1, 0.15) is 30.5 Å². The molecule has 0 radical (unpaired) electrons. The van der Waals surface area contributed by atoms with Gasteiger partial charge in [-0.2, -0.15) is 0 Å². The molecular weight excluding hydrogens is 518 g/mol. The Balaban J connectivity index is 1.25. The molecule has 4 aromatic carbocycles. The number of hydrogen-bond donors (Lipinski definition) is 2. The third-order valence-corrected chi connectivity index (χ3v) is 7.69. The molecule has 1 aliphatic heterocycles. The summed E-state index contributed by atoms with van der Waals surface area (Å²) in [5.41, 5.74) is 7.47. The van der Waals surface area contributed by atoms with E-state index in [1.807, 2.05) is 30.3 Å². The number of aryl methyl sites for hydroxylation is 1. The van der Waals surface area contributed by atoms with Crippen molar-refractivity contribution in [1.82, 2.24) is 4.98 Å². The third-order valence-electron chi connectivity index (χ3n) is 7.69. The molecule has 1 aromatic heterocycles. The maximum absolute atomic E-state index is 11.2. The summed E-state index contributed by atoms with van der Waals surface area (Å²) in [6, 6.07) is 27.6. The molecule has 6 rings (SSSR count). The van der Waals surface area contributed by atoms with E-state index >= 15 is 0 Å². The Labute approximate surface area is 238 Å². The molecular formula is C33H32N3O5+. The Bertz CT molecular complexity index is 1710. The molecule has 3 N–H and O–H groups in total. The number of nitrogens with zero attached hydrogens (tertiary/aromatic N) is 1. The molecule has 0 bridgehead atoms. The lowest BCUT2D eigenvalue weighted by molar-refractivity contribution is -0.690. The molecule has 208 valence electrons. The maximum Gasteiger partial charge on any atom is 0.272 e. The second-order valence-corrected chi connectivity index (χ2v) is 10.3. The summed E-state index contributed by atoms with van der Waals surface area (Å²) in [5.74, 6) is 2.17. The Morgan fingerprint density at radius 1 is 0.951 bits per heavy atom. The van der Waals surface area contributed by atoms with Gasteiger partial charge in [-0.15, -0.1) is 0 Å². The number of nitrogens with one attached hydrogen (secondary N) is 1. The standard InChI is InChI=1S/C33H31N3O5/c1-21-16-25(10-12-30(21)36(37)38)41-20-24-17-23(8-13-31(24)39-2)32-33-27(14-15-34-32)28-18-26(9-11-29(28)35-33)40-19-22-6-4-3-5-7-22/h3-13,16-18,32,34-35H,14-15,19-20H2,1-2H3/p+1. The zero-order valence-corrected chi connectivity index (χ0v) is 23.1. The Morgan fingerprint density at radius 2 is 1.73 bits per heavy atom. The summed E-state index contributed by atoms with van der Waals surface area (Å²) in [6.07, 6.45) is 0.972. The summed E-state index contributed by atoms with van der Waals surface area (Å²) in [6.45, 7) is 3.50. The Morgan fingerprint density at radius 3 is 2.51 bits per heavy atom. The lowest BCUT2D eigenvalue weighted by Crippen LogP contribution is -2.87. The fraction of sp³-hybridized carbons (Fsp3) is 0.212. The van der Waals surface area contributed by atoms with E-state index in [1.54, 1.807) is 26.2 Å². The Hall–Kier alpha value is -4.82. The van der Waals surface area contributed by atoms with Gasteiger partial charge in [0.25, 0.3) is 5.69 Å². The summed E-state index contributed by atoms with van der Waals surface area (Å²) in [4.78, 5) is 14.5. The van der Waals surface area contributed by atoms with Crippen molar-refractivity contribution in [1.29, 1.82) is 0 Å². The minimum absolute atomic E-state index is 0.0776. The van der Waals surface area contributed by atoms with Crippen LogP contribution < -0.4 is 19.5 Å². The summed E-state index contributed by atoms with van der Waals surface area (Å²) < 4.78 is 17.8. The largest absolute Gasteiger partial charge is 0.496 e. The minimum Gasteiger partial charge on any atom is -0.496 e. The SMILES string of the molecule is COc1ccc(C2[NH2+]CCc3c2[nH]c2ccc(OCc4ccccc4)cc32)cc1COc1ccc([N+](=O)[O-])c(C)c1. The molecule has 41 heavy (non-hydrogen) atoms. The fourth-order valence-corrected chi connectivity index (χ4v) is 5.62. The molecule has 1 unspecified atom stereocenters. The van der Waals surface area contributed by atoms with Gasteiger partial charge in [0.15, 0.2) is 6.04 Å². The van der Waals surface area contributed by atoms with E-state index < -0.39 is 0 Å². The first kappa shape index (κ1) is 26.4. The topological polar surface area (TPSA) is 103 Å². The van der Waals surface area contributed by atoms with Crippen molar-refractivity contribution in [3.05, 3.63) is 129 Å². The quantitative estimate of drug-likeness (QED) is 0.179. The molecule has 0 fully saturated rings. The fourth-order valence-electron chi connectivity index (χ4n) is 5.62. The lowest BCUT2D eigenvalue weighted by atomic mass is 9.93. The lowest BCUT2D eigenvalue weighted by Gasteiger charge is -2.22. The molecule has 1 atom stereocenters. The normalized spacial score (nSPS) is 14.4. The zero-order valence-electron chi connectivity index (χ0n) is 23.1. The van der Waals surface area contributed by atoms with Gasteiger partial charge < -0.3 is 24.5 Å². The highest BCUT2D eigenvalue weighted by atomic mass is 16.6. The van der Waals surface area contributed by atoms with E-state index in [4.69, 9.17) is 14.2 Å². The first-order chi connectivity index (χ1) is 20.0. The molecule has 1 aliphatic rings. The first-order valence-corrected chi connectivity index (χ1v) is 13.7. The van der Waals surface area contributed by atoms with Gasteiger partial charge >= 0.3 is 0 Å². The number of hydrogen-bond acceptors (Lipinski definition) is 5. The van der Waals surface area contributed by atoms with Gasteiger partial charge in [-0.3, -0.25) is 10.1 Å². The number of aromatic nitrogens is 1. The van der Waals surface area contributed by atoms with E-state index in [-0.39, 0.29) is 23.3 Å². The number of nitrogens with two attached hydrogens (primary N) is 1. The van der Waals surface area contributed by atoms with Crippen LogP contribution in [0.2, 0.25) is 0 Å². The van der Waals surface area contributed by atoms with E-state index in [2.05, 4.69) is 46.7 Å². The van der Waals surface area contributed by atoms with E-state index in [0.717, 1.165) is 46.7 Å². The highest BCUT2D eigenvalue weighted by Crippen LogP contribution is 2.34. The summed E-state index contributed by atoms with van der Waals surface area (Å²) in [7, 11) is 1.65.